The first-order valence-electron chi connectivity index (χ1n) is 5.99. The number of nitrogens with one attached hydrogen (secondary N) is 1. The Hall–Kier alpha value is -1.64. The molecule has 8 heteroatoms. The van der Waals surface area contributed by atoms with Crippen LogP contribution in [0.15, 0.2) is 23.1 Å². The number of anilines is 2. The van der Waals surface area contributed by atoms with Crippen LogP contribution in [-0.4, -0.2) is 36.6 Å². The maximum absolute atomic E-state index is 11.8. The van der Waals surface area contributed by atoms with E-state index in [0.717, 1.165) is 0 Å². The Morgan fingerprint density at radius 2 is 2.00 bits per heavy atom. The van der Waals surface area contributed by atoms with Crippen LogP contribution in [0.2, 0.25) is 0 Å². The summed E-state index contributed by atoms with van der Waals surface area (Å²) in [5.74, 6) is -1.85. The summed E-state index contributed by atoms with van der Waals surface area (Å²) in [5, 5.41) is 20.2. The van der Waals surface area contributed by atoms with Crippen LogP contribution in [0.3, 0.4) is 0 Å². The molecule has 0 bridgehead atoms. The molecule has 112 valence electrons. The quantitative estimate of drug-likeness (QED) is 0.445. The van der Waals surface area contributed by atoms with Gasteiger partial charge < -0.3 is 21.3 Å². The molecular weight excluding hydrogens is 284 g/mol. The zero-order valence-corrected chi connectivity index (χ0v) is 12.0. The zero-order chi connectivity index (χ0) is 15.5. The maximum atomic E-state index is 11.8. The van der Waals surface area contributed by atoms with E-state index in [9.17, 15) is 13.2 Å². The Morgan fingerprint density at radius 1 is 1.40 bits per heavy atom. The summed E-state index contributed by atoms with van der Waals surface area (Å²) >= 11 is 0. The second kappa shape index (κ2) is 6.21. The van der Waals surface area contributed by atoms with Gasteiger partial charge in [-0.2, -0.15) is 0 Å². The third kappa shape index (κ3) is 3.47. The highest BCUT2D eigenvalue weighted by Crippen LogP contribution is 2.27. The van der Waals surface area contributed by atoms with Gasteiger partial charge in [0, 0.05) is 0 Å². The van der Waals surface area contributed by atoms with E-state index in [-0.39, 0.29) is 22.0 Å². The maximum Gasteiger partial charge on any atom is 0.232 e. The summed E-state index contributed by atoms with van der Waals surface area (Å²) in [7, 11) is -3.50. The van der Waals surface area contributed by atoms with Gasteiger partial charge in [-0.3, -0.25) is 4.79 Å². The molecule has 1 aromatic carbocycles. The molecule has 0 saturated carbocycles. The SMILES string of the molecule is CCS(=O)(=O)c1cccc(NC(=O)C(C)C(O)O)c1N. The molecule has 20 heavy (non-hydrogen) atoms. The van der Waals surface area contributed by atoms with Crippen molar-refractivity contribution < 1.29 is 23.4 Å². The number of carbonyl (C=O) groups excluding carboxylic acids is 1. The Bertz CT molecular complexity index is 598. The van der Waals surface area contributed by atoms with Gasteiger partial charge >= 0.3 is 0 Å². The number of hydrogen-bond acceptors (Lipinski definition) is 6. The molecule has 7 nitrogen and oxygen atoms in total. The molecule has 0 fully saturated rings. The number of sulfone groups is 1. The molecule has 0 aliphatic rings. The minimum absolute atomic E-state index is 0.0602. The lowest BCUT2D eigenvalue weighted by Gasteiger charge is -2.16. The second-order valence-electron chi connectivity index (χ2n) is 4.31. The van der Waals surface area contributed by atoms with E-state index in [0.29, 0.717) is 0 Å². The van der Waals surface area contributed by atoms with Crippen LogP contribution in [0.5, 0.6) is 0 Å². The highest BCUT2D eigenvalue weighted by molar-refractivity contribution is 7.91. The predicted molar refractivity (Wildman–Crippen MR) is 74.6 cm³/mol. The Balaban J connectivity index is 3.11. The van der Waals surface area contributed by atoms with Gasteiger partial charge in [0.05, 0.1) is 27.9 Å². The number of nitrogens with two attached hydrogens (primary N) is 1. The van der Waals surface area contributed by atoms with E-state index in [1.165, 1.54) is 32.0 Å². The van der Waals surface area contributed by atoms with Crippen LogP contribution < -0.4 is 11.1 Å². The molecule has 5 N–H and O–H groups in total. The number of amides is 1. The van der Waals surface area contributed by atoms with Crippen molar-refractivity contribution in [2.45, 2.75) is 25.0 Å². The number of carbonyl (C=O) groups is 1. The largest absolute Gasteiger partial charge is 0.396 e. The number of rotatable bonds is 5. The summed E-state index contributed by atoms with van der Waals surface area (Å²) in [6, 6.07) is 4.25. The number of benzene rings is 1. The van der Waals surface area contributed by atoms with Gasteiger partial charge in [-0.1, -0.05) is 13.0 Å². The van der Waals surface area contributed by atoms with Crippen LogP contribution in [-0.2, 0) is 14.6 Å². The molecule has 1 rings (SSSR count). The van der Waals surface area contributed by atoms with Gasteiger partial charge in [0.25, 0.3) is 0 Å². The average Bonchev–Trinajstić information content (AvgIpc) is 2.39. The van der Waals surface area contributed by atoms with E-state index >= 15 is 0 Å². The molecule has 0 aliphatic carbocycles. The van der Waals surface area contributed by atoms with Gasteiger partial charge in [0.2, 0.25) is 5.91 Å². The van der Waals surface area contributed by atoms with Gasteiger partial charge in [0.15, 0.2) is 16.1 Å². The van der Waals surface area contributed by atoms with Crippen molar-refractivity contribution in [2.75, 3.05) is 16.8 Å². The summed E-state index contributed by atoms with van der Waals surface area (Å²) in [6.45, 7) is 2.81. The summed E-state index contributed by atoms with van der Waals surface area (Å²) < 4.78 is 23.7. The normalized spacial score (nSPS) is 13.2. The van der Waals surface area contributed by atoms with Crippen molar-refractivity contribution in [1.82, 2.24) is 0 Å². The second-order valence-corrected chi connectivity index (χ2v) is 6.56. The standard InChI is InChI=1S/C12H18N2O5S/c1-3-20(18,19)9-6-4-5-8(10(9)13)14-11(15)7(2)12(16)17/h4-7,12,16-17H,3,13H2,1-2H3,(H,14,15). The monoisotopic (exact) mass is 302 g/mol. The summed E-state index contributed by atoms with van der Waals surface area (Å²) in [4.78, 5) is 11.6. The van der Waals surface area contributed by atoms with Gasteiger partial charge in [-0.05, 0) is 19.1 Å². The lowest BCUT2D eigenvalue weighted by atomic mass is 10.1. The van der Waals surface area contributed by atoms with Crippen LogP contribution in [0, 0.1) is 5.92 Å². The van der Waals surface area contributed by atoms with Crippen LogP contribution in [0.4, 0.5) is 11.4 Å². The molecule has 0 heterocycles. The van der Waals surface area contributed by atoms with Crippen LogP contribution >= 0.6 is 0 Å². The first-order chi connectivity index (χ1) is 9.20. The highest BCUT2D eigenvalue weighted by atomic mass is 32.2. The van der Waals surface area contributed by atoms with Crippen LogP contribution in [0.1, 0.15) is 13.8 Å². The minimum atomic E-state index is -3.50. The number of hydrogen-bond donors (Lipinski definition) is 4. The molecule has 1 atom stereocenters. The fourth-order valence-corrected chi connectivity index (χ4v) is 2.50. The molecule has 0 aliphatic heterocycles. The third-order valence-corrected chi connectivity index (χ3v) is 4.69. The minimum Gasteiger partial charge on any atom is -0.396 e. The zero-order valence-electron chi connectivity index (χ0n) is 11.2. The molecule has 0 radical (unpaired) electrons. The Morgan fingerprint density at radius 3 is 2.50 bits per heavy atom. The Labute approximate surface area is 117 Å². The van der Waals surface area contributed by atoms with Crippen molar-refractivity contribution >= 4 is 27.1 Å². The van der Waals surface area contributed by atoms with E-state index in [1.54, 1.807) is 0 Å². The molecule has 1 unspecified atom stereocenters. The molecule has 1 aromatic rings. The summed E-state index contributed by atoms with van der Waals surface area (Å²) in [6.07, 6.45) is -1.81. The van der Waals surface area contributed by atoms with E-state index in [2.05, 4.69) is 5.32 Å². The van der Waals surface area contributed by atoms with Crippen LogP contribution in [0.25, 0.3) is 0 Å². The van der Waals surface area contributed by atoms with Crippen molar-refractivity contribution in [1.29, 1.82) is 0 Å². The van der Waals surface area contributed by atoms with E-state index < -0.39 is 28.0 Å². The number of aliphatic hydroxyl groups excluding tert-OH is 1. The fraction of sp³-hybridized carbons (Fsp3) is 0.417. The Kier molecular flexibility index (Phi) is 5.09. The lowest BCUT2D eigenvalue weighted by molar-refractivity contribution is -0.134. The van der Waals surface area contributed by atoms with Crippen molar-refractivity contribution in [3.8, 4) is 0 Å². The van der Waals surface area contributed by atoms with Crippen molar-refractivity contribution in [2.24, 2.45) is 5.92 Å². The topological polar surface area (TPSA) is 130 Å². The number of para-hydroxylation sites is 1. The molecule has 0 saturated heterocycles. The average molecular weight is 302 g/mol. The highest BCUT2D eigenvalue weighted by Gasteiger charge is 2.22. The van der Waals surface area contributed by atoms with Gasteiger partial charge in [-0.15, -0.1) is 0 Å². The summed E-state index contributed by atoms with van der Waals surface area (Å²) in [5.41, 5.74) is 5.81. The van der Waals surface area contributed by atoms with Gasteiger partial charge in [0.1, 0.15) is 0 Å². The van der Waals surface area contributed by atoms with E-state index in [1.807, 2.05) is 0 Å². The number of aliphatic hydroxyl groups is 2. The smallest absolute Gasteiger partial charge is 0.232 e. The predicted octanol–water partition coefficient (Wildman–Crippen LogP) is -0.0523. The molecule has 0 spiro atoms. The first kappa shape index (κ1) is 16.4. The fourth-order valence-electron chi connectivity index (χ4n) is 1.46. The van der Waals surface area contributed by atoms with Crippen molar-refractivity contribution in [3.05, 3.63) is 18.2 Å². The number of nitrogen functional groups attached to an aromatic ring is 1. The first-order valence-corrected chi connectivity index (χ1v) is 7.64. The molecular formula is C12H18N2O5S. The molecule has 1 amide bonds. The molecule has 0 aromatic heterocycles. The lowest BCUT2D eigenvalue weighted by Crippen LogP contribution is -2.30. The van der Waals surface area contributed by atoms with Crippen molar-refractivity contribution in [3.63, 3.8) is 0 Å². The third-order valence-electron chi connectivity index (χ3n) is 2.90. The van der Waals surface area contributed by atoms with Gasteiger partial charge in [-0.25, -0.2) is 8.42 Å². The van der Waals surface area contributed by atoms with E-state index in [4.69, 9.17) is 15.9 Å².